The van der Waals surface area contributed by atoms with Gasteiger partial charge in [-0.3, -0.25) is 0 Å². The van der Waals surface area contributed by atoms with Crippen LogP contribution >= 0.6 is 0 Å². The first-order valence-electron chi connectivity index (χ1n) is 9.87. The zero-order valence-corrected chi connectivity index (χ0v) is 17.3. The average Bonchev–Trinajstić information content (AvgIpc) is 2.76. The molecule has 0 atom stereocenters. The maximum Gasteiger partial charge on any atom is 0.673 e. The van der Waals surface area contributed by atoms with Crippen LogP contribution in [-0.4, -0.2) is 14.5 Å². The lowest BCUT2D eigenvalue weighted by atomic mass is 10.0. The van der Waals surface area contributed by atoms with Gasteiger partial charge in [-0.05, 0) is 35.0 Å². The second-order valence-electron chi connectivity index (χ2n) is 7.02. The Hall–Kier alpha value is -3.69. The fourth-order valence-corrected chi connectivity index (χ4v) is 3.40. The van der Waals surface area contributed by atoms with Crippen molar-refractivity contribution in [3.8, 4) is 11.3 Å². The van der Waals surface area contributed by atoms with Gasteiger partial charge in [0.2, 0.25) is 6.20 Å². The van der Waals surface area contributed by atoms with Crippen LogP contribution in [0.1, 0.15) is 0 Å². The van der Waals surface area contributed by atoms with Crippen molar-refractivity contribution in [2.45, 2.75) is 0 Å². The number of benzene rings is 2. The Morgan fingerprint density at radius 3 is 1.71 bits per heavy atom. The molecular weight excluding hydrogens is 466 g/mol. The predicted octanol–water partition coefficient (Wildman–Crippen LogP) is 6.58. The van der Waals surface area contributed by atoms with Crippen LogP contribution in [0.15, 0.2) is 97.5 Å². The van der Waals surface area contributed by atoms with Gasteiger partial charge in [-0.1, -0.05) is 30.3 Å². The number of halogens is 8. The first kappa shape index (κ1) is 24.9. The van der Waals surface area contributed by atoms with E-state index in [-0.39, 0.29) is 0 Å². The number of pyridine rings is 2. The summed E-state index contributed by atoms with van der Waals surface area (Å²) >= 11 is 0. The zero-order valence-electron chi connectivity index (χ0n) is 17.3. The lowest BCUT2D eigenvalue weighted by Crippen LogP contribution is -2.33. The molecule has 0 spiro atoms. The molecule has 3 heterocycles. The molecule has 34 heavy (non-hydrogen) atoms. The Labute approximate surface area is 188 Å². The van der Waals surface area contributed by atoms with Gasteiger partial charge in [-0.25, -0.2) is 0 Å². The highest BCUT2D eigenvalue weighted by molar-refractivity contribution is 6.50. The van der Waals surface area contributed by atoms with E-state index in [0.29, 0.717) is 0 Å². The van der Waals surface area contributed by atoms with E-state index in [2.05, 4.69) is 106 Å². The molecule has 0 saturated carbocycles. The fraction of sp³-hybridized carbons (Fsp3) is 0. The van der Waals surface area contributed by atoms with Crippen molar-refractivity contribution in [3.05, 3.63) is 97.5 Å². The SMILES string of the molecule is F[B-](F)(F)F.F[B-](F)(F)F.c1ccc2cc(-c3c[n+]4ccccc4c4cccc[n+]34)ccc2c1. The molecule has 12 heteroatoms. The van der Waals surface area contributed by atoms with Crippen molar-refractivity contribution >= 4 is 36.3 Å². The second kappa shape index (κ2) is 10.1. The Morgan fingerprint density at radius 1 is 0.529 bits per heavy atom. The molecule has 0 amide bonds. The largest absolute Gasteiger partial charge is 0.673 e. The highest BCUT2D eigenvalue weighted by Gasteiger charge is 2.22. The predicted molar refractivity (Wildman–Crippen MR) is 116 cm³/mol. The maximum atomic E-state index is 9.75. The molecule has 5 aromatic rings. The summed E-state index contributed by atoms with van der Waals surface area (Å²) < 4.78 is 82.5. The van der Waals surface area contributed by atoms with Gasteiger partial charge in [0.1, 0.15) is 0 Å². The number of hydrogen-bond acceptors (Lipinski definition) is 0. The Bertz CT molecular complexity index is 1400. The van der Waals surface area contributed by atoms with E-state index in [0.717, 1.165) is 0 Å². The van der Waals surface area contributed by atoms with Gasteiger partial charge in [-0.2, -0.15) is 4.40 Å². The Kier molecular flexibility index (Phi) is 7.38. The van der Waals surface area contributed by atoms with Crippen LogP contribution in [0.4, 0.5) is 34.5 Å². The molecule has 0 radical (unpaired) electrons. The van der Waals surface area contributed by atoms with Crippen molar-refractivity contribution in [1.82, 2.24) is 0 Å². The van der Waals surface area contributed by atoms with Gasteiger partial charge in [0.25, 0.3) is 16.7 Å². The topological polar surface area (TPSA) is 8.20 Å². The van der Waals surface area contributed by atoms with Crippen LogP contribution in [0.2, 0.25) is 0 Å². The van der Waals surface area contributed by atoms with Crippen LogP contribution in [0.5, 0.6) is 0 Å². The van der Waals surface area contributed by atoms with Gasteiger partial charge in [-0.15, -0.1) is 4.40 Å². The number of hydrogen-bond donors (Lipinski definition) is 0. The van der Waals surface area contributed by atoms with Crippen molar-refractivity contribution in [3.63, 3.8) is 0 Å². The van der Waals surface area contributed by atoms with Gasteiger partial charge in [0.15, 0.2) is 12.4 Å². The number of rotatable bonds is 1. The summed E-state index contributed by atoms with van der Waals surface area (Å²) in [5.74, 6) is 0. The van der Waals surface area contributed by atoms with E-state index in [1.165, 1.54) is 33.1 Å². The number of nitrogens with zero attached hydrogens (tertiary/aromatic N) is 2. The maximum absolute atomic E-state index is 9.75. The minimum Gasteiger partial charge on any atom is -0.418 e. The van der Waals surface area contributed by atoms with Crippen molar-refractivity contribution in [2.24, 2.45) is 0 Å². The molecule has 0 aliphatic carbocycles. The molecule has 0 fully saturated rings. The summed E-state index contributed by atoms with van der Waals surface area (Å²) in [6.45, 7) is 0. The van der Waals surface area contributed by atoms with E-state index in [1.54, 1.807) is 0 Å². The third-order valence-corrected chi connectivity index (χ3v) is 4.58. The minimum absolute atomic E-state index is 1.18. The summed E-state index contributed by atoms with van der Waals surface area (Å²) in [6.07, 6.45) is 6.44. The first-order valence-corrected chi connectivity index (χ1v) is 9.87. The third kappa shape index (κ3) is 7.16. The molecule has 0 saturated heterocycles. The van der Waals surface area contributed by atoms with Crippen molar-refractivity contribution in [2.75, 3.05) is 0 Å². The van der Waals surface area contributed by atoms with E-state index < -0.39 is 14.5 Å². The highest BCUT2D eigenvalue weighted by atomic mass is 19.5. The summed E-state index contributed by atoms with van der Waals surface area (Å²) in [5, 5.41) is 2.53. The molecule has 0 bridgehead atoms. The summed E-state index contributed by atoms with van der Waals surface area (Å²) in [7, 11) is -12.0. The van der Waals surface area contributed by atoms with Crippen LogP contribution in [0.25, 0.3) is 33.1 Å². The normalized spacial score (nSPS) is 11.5. The Balaban J connectivity index is 0.000000277. The van der Waals surface area contributed by atoms with Crippen molar-refractivity contribution in [1.29, 1.82) is 0 Å². The van der Waals surface area contributed by atoms with Gasteiger partial charge in [0, 0.05) is 24.3 Å². The van der Waals surface area contributed by atoms with Gasteiger partial charge >= 0.3 is 14.5 Å². The standard InChI is InChI=1S/C22H16N2.2BF4/c1-2-8-18-15-19(12-11-17(18)7-1)22-16-23-13-5-3-9-20(23)21-10-4-6-14-24(21)22;2*2-1(3,4)5/h1-16H;;/q+2;2*-1. The molecule has 0 aliphatic heterocycles. The monoisotopic (exact) mass is 482 g/mol. The molecule has 0 unspecified atom stereocenters. The summed E-state index contributed by atoms with van der Waals surface area (Å²) in [5.41, 5.74) is 4.79. The molecule has 0 N–H and O–H groups in total. The number of aromatic nitrogens is 2. The lowest BCUT2D eigenvalue weighted by Gasteiger charge is -2.02. The second-order valence-corrected chi connectivity index (χ2v) is 7.02. The first-order chi connectivity index (χ1) is 15.9. The molecular formula is C22H16B2F8N2. The van der Waals surface area contributed by atoms with E-state index in [1.807, 2.05) is 0 Å². The third-order valence-electron chi connectivity index (χ3n) is 4.58. The molecule has 0 aliphatic rings. The van der Waals surface area contributed by atoms with Crippen molar-refractivity contribution < 1.29 is 43.3 Å². The van der Waals surface area contributed by atoms with E-state index in [4.69, 9.17) is 0 Å². The summed E-state index contributed by atoms with van der Waals surface area (Å²) in [4.78, 5) is 0. The van der Waals surface area contributed by atoms with Crippen LogP contribution < -0.4 is 8.80 Å². The highest BCUT2D eigenvalue weighted by Crippen LogP contribution is 2.22. The van der Waals surface area contributed by atoms with Crippen LogP contribution in [-0.2, 0) is 0 Å². The van der Waals surface area contributed by atoms with E-state index >= 15 is 0 Å². The zero-order chi connectivity index (χ0) is 24.9. The summed E-state index contributed by atoms with van der Waals surface area (Å²) in [6, 6.07) is 27.8. The van der Waals surface area contributed by atoms with Gasteiger partial charge < -0.3 is 34.5 Å². The molecule has 176 valence electrons. The molecule has 2 nitrogen and oxygen atoms in total. The van der Waals surface area contributed by atoms with E-state index in [9.17, 15) is 34.5 Å². The molecule has 5 rings (SSSR count). The molecule has 2 aromatic carbocycles. The Morgan fingerprint density at radius 2 is 1.06 bits per heavy atom. The van der Waals surface area contributed by atoms with Gasteiger partial charge in [0.05, 0.1) is 5.56 Å². The number of fused-ring (bicyclic) bond motifs is 4. The fourth-order valence-electron chi connectivity index (χ4n) is 3.40. The molecule has 3 aromatic heterocycles. The smallest absolute Gasteiger partial charge is 0.418 e. The lowest BCUT2D eigenvalue weighted by molar-refractivity contribution is -0.556. The minimum atomic E-state index is -6.00. The van der Waals surface area contributed by atoms with Crippen LogP contribution in [0.3, 0.4) is 0 Å². The van der Waals surface area contributed by atoms with Crippen LogP contribution in [0, 0.1) is 0 Å². The average molecular weight is 482 g/mol. The quantitative estimate of drug-likeness (QED) is 0.110.